The van der Waals surface area contributed by atoms with Gasteiger partial charge in [0, 0.05) is 0 Å². The molecule has 0 saturated heterocycles. The largest absolute Gasteiger partial charge is 2.00 e. The minimum atomic E-state index is 0. The first-order chi connectivity index (χ1) is 9.88. The van der Waals surface area contributed by atoms with Gasteiger partial charge in [-0.1, -0.05) is 12.1 Å². The van der Waals surface area contributed by atoms with Gasteiger partial charge in [-0.05, 0) is 12.8 Å². The number of hydrogen-bond donors (Lipinski definition) is 0. The molecule has 0 aromatic heterocycles. The molecule has 0 atom stereocenters. The van der Waals surface area contributed by atoms with Crippen LogP contribution >= 0.6 is 0 Å². The second kappa shape index (κ2) is 6.12. The molecule has 21 heavy (non-hydrogen) atoms. The molecule has 0 N–H and O–H groups in total. The van der Waals surface area contributed by atoms with Gasteiger partial charge in [0.1, 0.15) is 0 Å². The molecule has 0 saturated carbocycles. The number of fused-ring (bicyclic) bond motifs is 2. The van der Waals surface area contributed by atoms with Gasteiger partial charge >= 0.3 is 26.2 Å². The van der Waals surface area contributed by atoms with E-state index in [4.69, 9.17) is 0 Å². The minimum Gasteiger partial charge on any atom is -0.165 e. The Morgan fingerprint density at radius 3 is 1.48 bits per heavy atom. The molecule has 4 rings (SSSR count). The Labute approximate surface area is 144 Å². The fourth-order valence-electron chi connectivity index (χ4n) is 3.01. The van der Waals surface area contributed by atoms with Crippen LogP contribution < -0.4 is 0 Å². The zero-order valence-electron chi connectivity index (χ0n) is 11.8. The summed E-state index contributed by atoms with van der Waals surface area (Å²) < 4.78 is 0. The summed E-state index contributed by atoms with van der Waals surface area (Å²) in [6, 6.07) is 26.5. The van der Waals surface area contributed by atoms with E-state index in [0.717, 1.165) is 12.8 Å². The number of hydrogen-bond acceptors (Lipinski definition) is 0. The van der Waals surface area contributed by atoms with Crippen molar-refractivity contribution in [3.05, 3.63) is 83.9 Å². The van der Waals surface area contributed by atoms with E-state index in [2.05, 4.69) is 72.8 Å². The summed E-state index contributed by atoms with van der Waals surface area (Å²) >= 11 is 0. The van der Waals surface area contributed by atoms with Crippen LogP contribution in [0.5, 0.6) is 0 Å². The predicted octanol–water partition coefficient (Wildman–Crippen LogP) is 5.21. The van der Waals surface area contributed by atoms with Crippen LogP contribution in [0.3, 0.4) is 0 Å². The average molecular weight is 348 g/mol. The normalized spacial score (nSPS) is 10.9. The van der Waals surface area contributed by atoms with Crippen molar-refractivity contribution in [2.75, 3.05) is 0 Å². The third-order valence-corrected chi connectivity index (χ3v) is 4.06. The van der Waals surface area contributed by atoms with Crippen molar-refractivity contribution in [2.45, 2.75) is 12.8 Å². The molecule has 100 valence electrons. The SMILES string of the molecule is [Zr+2].c1ccc2[cH-]c(CCc3cc4ccccc4[cH-]3)cc2c1. The zero-order chi connectivity index (χ0) is 13.4. The Morgan fingerprint density at radius 1 is 0.619 bits per heavy atom. The molecule has 0 heterocycles. The quantitative estimate of drug-likeness (QED) is 0.446. The van der Waals surface area contributed by atoms with Crippen molar-refractivity contribution in [2.24, 2.45) is 0 Å². The Balaban J connectivity index is 0.00000132. The van der Waals surface area contributed by atoms with E-state index in [1.807, 2.05) is 0 Å². The van der Waals surface area contributed by atoms with Crippen molar-refractivity contribution in [1.82, 2.24) is 0 Å². The van der Waals surface area contributed by atoms with Crippen LogP contribution in [0.15, 0.2) is 72.8 Å². The van der Waals surface area contributed by atoms with Crippen LogP contribution in [0.25, 0.3) is 21.5 Å². The topological polar surface area (TPSA) is 0 Å². The van der Waals surface area contributed by atoms with Crippen molar-refractivity contribution in [1.29, 1.82) is 0 Å². The standard InChI is InChI=1S/C20H16.Zr/c1-2-6-18-12-15(11-17(18)5-1)9-10-16-13-19-7-3-4-8-20(19)14-16;/h1-8,11-14H,9-10H2;/q-2;+2. The molecule has 0 aliphatic carbocycles. The zero-order valence-corrected chi connectivity index (χ0v) is 14.3. The molecule has 0 spiro atoms. The van der Waals surface area contributed by atoms with Gasteiger partial charge in [-0.2, -0.15) is 12.1 Å². The second-order valence-electron chi connectivity index (χ2n) is 5.49. The molecular weight excluding hydrogens is 331 g/mol. The Bertz CT molecular complexity index is 723. The molecule has 0 radical (unpaired) electrons. The van der Waals surface area contributed by atoms with Gasteiger partial charge in [-0.15, -0.1) is 81.2 Å². The fraction of sp³-hybridized carbons (Fsp3) is 0.100. The van der Waals surface area contributed by atoms with E-state index in [0.29, 0.717) is 0 Å². The summed E-state index contributed by atoms with van der Waals surface area (Å²) in [6.07, 6.45) is 2.23. The van der Waals surface area contributed by atoms with Crippen LogP contribution in [0.4, 0.5) is 0 Å². The van der Waals surface area contributed by atoms with Crippen LogP contribution in [0.1, 0.15) is 11.1 Å². The number of rotatable bonds is 3. The first kappa shape index (κ1) is 14.5. The maximum absolute atomic E-state index is 2.32. The molecular formula is C20H16Zr. The number of aryl methyl sites for hydroxylation is 2. The summed E-state index contributed by atoms with van der Waals surface area (Å²) in [5.74, 6) is 0. The van der Waals surface area contributed by atoms with Gasteiger partial charge in [-0.3, -0.25) is 0 Å². The molecule has 0 aliphatic rings. The van der Waals surface area contributed by atoms with Crippen molar-refractivity contribution < 1.29 is 26.2 Å². The third-order valence-electron chi connectivity index (χ3n) is 4.06. The van der Waals surface area contributed by atoms with E-state index in [9.17, 15) is 0 Å². The first-order valence-electron chi connectivity index (χ1n) is 7.17. The molecule has 0 aliphatic heterocycles. The minimum absolute atomic E-state index is 0. The van der Waals surface area contributed by atoms with Crippen LogP contribution in [-0.2, 0) is 39.0 Å². The fourth-order valence-corrected chi connectivity index (χ4v) is 3.01. The summed E-state index contributed by atoms with van der Waals surface area (Å²) in [7, 11) is 0. The van der Waals surface area contributed by atoms with Crippen molar-refractivity contribution in [3.63, 3.8) is 0 Å². The monoisotopic (exact) mass is 346 g/mol. The number of benzene rings is 2. The van der Waals surface area contributed by atoms with Crippen LogP contribution in [0, 0.1) is 0 Å². The Hall–Kier alpha value is -1.46. The Kier molecular flexibility index (Phi) is 4.22. The van der Waals surface area contributed by atoms with Crippen molar-refractivity contribution >= 4 is 21.5 Å². The van der Waals surface area contributed by atoms with Gasteiger partial charge in [0.05, 0.1) is 0 Å². The molecule has 1 heteroatoms. The molecule has 0 nitrogen and oxygen atoms in total. The average Bonchev–Trinajstić information content (AvgIpc) is 3.07. The molecule has 4 aromatic carbocycles. The Morgan fingerprint density at radius 2 is 1.05 bits per heavy atom. The van der Waals surface area contributed by atoms with Crippen molar-refractivity contribution in [3.8, 4) is 0 Å². The van der Waals surface area contributed by atoms with E-state index in [1.54, 1.807) is 0 Å². The maximum Gasteiger partial charge on any atom is 2.00 e. The van der Waals surface area contributed by atoms with Gasteiger partial charge in [0.25, 0.3) is 0 Å². The van der Waals surface area contributed by atoms with Gasteiger partial charge in [-0.25, -0.2) is 0 Å². The predicted molar refractivity (Wildman–Crippen MR) is 86.5 cm³/mol. The maximum atomic E-state index is 2.32. The first-order valence-corrected chi connectivity index (χ1v) is 7.17. The van der Waals surface area contributed by atoms with E-state index >= 15 is 0 Å². The molecule has 0 amide bonds. The molecule has 0 unspecified atom stereocenters. The van der Waals surface area contributed by atoms with Crippen LogP contribution in [-0.4, -0.2) is 0 Å². The summed E-state index contributed by atoms with van der Waals surface area (Å²) in [4.78, 5) is 0. The smallest absolute Gasteiger partial charge is 0.165 e. The molecule has 0 bridgehead atoms. The van der Waals surface area contributed by atoms with Gasteiger partial charge in [0.15, 0.2) is 0 Å². The summed E-state index contributed by atoms with van der Waals surface area (Å²) in [5.41, 5.74) is 2.88. The second-order valence-corrected chi connectivity index (χ2v) is 5.49. The summed E-state index contributed by atoms with van der Waals surface area (Å²) in [5, 5.41) is 5.43. The van der Waals surface area contributed by atoms with E-state index in [-0.39, 0.29) is 26.2 Å². The molecule has 4 aromatic rings. The van der Waals surface area contributed by atoms with Crippen LogP contribution in [0.2, 0.25) is 0 Å². The van der Waals surface area contributed by atoms with E-state index < -0.39 is 0 Å². The van der Waals surface area contributed by atoms with Gasteiger partial charge < -0.3 is 0 Å². The summed E-state index contributed by atoms with van der Waals surface area (Å²) in [6.45, 7) is 0. The van der Waals surface area contributed by atoms with E-state index in [1.165, 1.54) is 32.7 Å². The third kappa shape index (κ3) is 2.94. The molecule has 0 fully saturated rings. The van der Waals surface area contributed by atoms with Gasteiger partial charge in [0.2, 0.25) is 0 Å².